The van der Waals surface area contributed by atoms with Gasteiger partial charge in [0.15, 0.2) is 0 Å². The topological polar surface area (TPSA) is 46.6 Å². The summed E-state index contributed by atoms with van der Waals surface area (Å²) in [6.45, 7) is 3.13. The Morgan fingerprint density at radius 3 is 2.95 bits per heavy atom. The highest BCUT2D eigenvalue weighted by molar-refractivity contribution is 5.81. The Kier molecular flexibility index (Phi) is 3.94. The summed E-state index contributed by atoms with van der Waals surface area (Å²) in [6.07, 6.45) is 2.97. The fourth-order valence-electron chi connectivity index (χ4n) is 4.15. The van der Waals surface area contributed by atoms with E-state index in [1.165, 1.54) is 5.56 Å². The standard InChI is InChI=1S/C18H23NO3/c1-13(20)19-9-8-18(11-16(21)7-6-15(18)12-19)14-4-3-5-17(10-14)22-2/h3-5,10,15H,6-9,11-12H2,1-2H3. The number of methoxy groups -OCH3 is 1. The fourth-order valence-corrected chi connectivity index (χ4v) is 4.15. The van der Waals surface area contributed by atoms with Crippen LogP contribution in [0.5, 0.6) is 5.75 Å². The molecule has 1 aromatic carbocycles. The normalized spacial score (nSPS) is 28.2. The van der Waals surface area contributed by atoms with E-state index in [0.717, 1.165) is 31.7 Å². The van der Waals surface area contributed by atoms with Gasteiger partial charge in [0.2, 0.25) is 5.91 Å². The highest BCUT2D eigenvalue weighted by Gasteiger charge is 2.48. The van der Waals surface area contributed by atoms with Gasteiger partial charge in [-0.25, -0.2) is 0 Å². The van der Waals surface area contributed by atoms with Gasteiger partial charge in [-0.15, -0.1) is 0 Å². The monoisotopic (exact) mass is 301 g/mol. The molecule has 2 atom stereocenters. The van der Waals surface area contributed by atoms with Crippen LogP contribution in [-0.2, 0) is 15.0 Å². The van der Waals surface area contributed by atoms with Gasteiger partial charge in [-0.05, 0) is 36.5 Å². The molecule has 4 heteroatoms. The zero-order valence-electron chi connectivity index (χ0n) is 13.3. The molecular formula is C18H23NO3. The molecule has 22 heavy (non-hydrogen) atoms. The van der Waals surface area contributed by atoms with Crippen molar-refractivity contribution in [3.8, 4) is 5.75 Å². The van der Waals surface area contributed by atoms with Crippen LogP contribution in [0.3, 0.4) is 0 Å². The van der Waals surface area contributed by atoms with Gasteiger partial charge < -0.3 is 9.64 Å². The molecule has 0 radical (unpaired) electrons. The van der Waals surface area contributed by atoms with Crippen LogP contribution >= 0.6 is 0 Å². The number of amides is 1. The number of piperidine rings is 1. The third-order valence-corrected chi connectivity index (χ3v) is 5.42. The zero-order valence-corrected chi connectivity index (χ0v) is 13.3. The van der Waals surface area contributed by atoms with E-state index in [1.54, 1.807) is 14.0 Å². The number of benzene rings is 1. The Labute approximate surface area is 131 Å². The minimum absolute atomic E-state index is 0.129. The van der Waals surface area contributed by atoms with Gasteiger partial charge in [-0.3, -0.25) is 9.59 Å². The maximum atomic E-state index is 12.2. The smallest absolute Gasteiger partial charge is 0.219 e. The summed E-state index contributed by atoms with van der Waals surface area (Å²) in [7, 11) is 1.67. The molecule has 0 N–H and O–H groups in total. The van der Waals surface area contributed by atoms with Crippen LogP contribution in [0.15, 0.2) is 24.3 Å². The van der Waals surface area contributed by atoms with E-state index < -0.39 is 0 Å². The SMILES string of the molecule is COc1cccc(C23CCN(C(C)=O)CC2CCC(=O)C3)c1. The molecule has 1 saturated carbocycles. The van der Waals surface area contributed by atoms with Crippen LogP contribution in [-0.4, -0.2) is 36.8 Å². The van der Waals surface area contributed by atoms with Gasteiger partial charge in [-0.1, -0.05) is 12.1 Å². The van der Waals surface area contributed by atoms with Gasteiger partial charge in [0, 0.05) is 38.3 Å². The predicted molar refractivity (Wildman–Crippen MR) is 83.9 cm³/mol. The molecule has 1 heterocycles. The second-order valence-corrected chi connectivity index (χ2v) is 6.55. The number of ether oxygens (including phenoxy) is 1. The molecule has 2 unspecified atom stereocenters. The Hall–Kier alpha value is -1.84. The molecule has 4 nitrogen and oxygen atoms in total. The third kappa shape index (κ3) is 2.51. The van der Waals surface area contributed by atoms with Crippen LogP contribution in [0.2, 0.25) is 0 Å². The molecule has 2 fully saturated rings. The maximum absolute atomic E-state index is 12.2. The van der Waals surface area contributed by atoms with E-state index in [0.29, 0.717) is 24.5 Å². The Morgan fingerprint density at radius 2 is 2.23 bits per heavy atom. The average Bonchev–Trinajstić information content (AvgIpc) is 2.54. The predicted octanol–water partition coefficient (Wildman–Crippen LogP) is 2.55. The molecule has 0 aromatic heterocycles. The first kappa shape index (κ1) is 15.1. The second-order valence-electron chi connectivity index (χ2n) is 6.55. The van der Waals surface area contributed by atoms with Crippen LogP contribution in [0.1, 0.15) is 38.2 Å². The van der Waals surface area contributed by atoms with Crippen molar-refractivity contribution in [2.75, 3.05) is 20.2 Å². The number of carbonyl (C=O) groups is 2. The minimum atomic E-state index is -0.129. The molecule has 1 aliphatic carbocycles. The van der Waals surface area contributed by atoms with Gasteiger partial charge >= 0.3 is 0 Å². The van der Waals surface area contributed by atoms with Crippen molar-refractivity contribution in [3.63, 3.8) is 0 Å². The van der Waals surface area contributed by atoms with E-state index in [1.807, 2.05) is 17.0 Å². The first-order chi connectivity index (χ1) is 10.5. The lowest BCUT2D eigenvalue weighted by molar-refractivity contribution is -0.134. The number of hydrogen-bond donors (Lipinski definition) is 0. The molecule has 3 rings (SSSR count). The zero-order chi connectivity index (χ0) is 15.7. The highest BCUT2D eigenvalue weighted by atomic mass is 16.5. The molecule has 1 saturated heterocycles. The van der Waals surface area contributed by atoms with Crippen molar-refractivity contribution in [1.82, 2.24) is 4.90 Å². The van der Waals surface area contributed by atoms with E-state index in [4.69, 9.17) is 4.74 Å². The quantitative estimate of drug-likeness (QED) is 0.843. The van der Waals surface area contributed by atoms with Gasteiger partial charge in [-0.2, -0.15) is 0 Å². The Bertz CT molecular complexity index is 598. The first-order valence-corrected chi connectivity index (χ1v) is 7.97. The number of Topliss-reactive ketones (excluding diaryl/α,β-unsaturated/α-hetero) is 1. The van der Waals surface area contributed by atoms with Crippen LogP contribution in [0.25, 0.3) is 0 Å². The van der Waals surface area contributed by atoms with Crippen LogP contribution in [0.4, 0.5) is 0 Å². The van der Waals surface area contributed by atoms with Gasteiger partial charge in [0.1, 0.15) is 11.5 Å². The molecular weight excluding hydrogens is 278 g/mol. The minimum Gasteiger partial charge on any atom is -0.497 e. The first-order valence-electron chi connectivity index (χ1n) is 7.97. The lowest BCUT2D eigenvalue weighted by atomic mass is 9.59. The average molecular weight is 301 g/mol. The lowest BCUT2D eigenvalue weighted by Gasteiger charge is -2.50. The third-order valence-electron chi connectivity index (χ3n) is 5.42. The second kappa shape index (κ2) is 5.75. The summed E-state index contributed by atoms with van der Waals surface area (Å²) in [6, 6.07) is 8.10. The molecule has 2 aliphatic rings. The van der Waals surface area contributed by atoms with E-state index >= 15 is 0 Å². The number of likely N-dealkylation sites (tertiary alicyclic amines) is 1. The maximum Gasteiger partial charge on any atom is 0.219 e. The summed E-state index contributed by atoms with van der Waals surface area (Å²) in [5.74, 6) is 1.67. The lowest BCUT2D eigenvalue weighted by Crippen LogP contribution is -2.54. The Morgan fingerprint density at radius 1 is 1.41 bits per heavy atom. The van der Waals surface area contributed by atoms with Crippen molar-refractivity contribution in [2.45, 2.75) is 38.0 Å². The molecule has 118 valence electrons. The number of ketones is 1. The summed E-state index contributed by atoms with van der Waals surface area (Å²) in [5, 5.41) is 0. The van der Waals surface area contributed by atoms with Crippen molar-refractivity contribution in [3.05, 3.63) is 29.8 Å². The van der Waals surface area contributed by atoms with Crippen molar-refractivity contribution in [2.24, 2.45) is 5.92 Å². The van der Waals surface area contributed by atoms with E-state index in [2.05, 4.69) is 12.1 Å². The van der Waals surface area contributed by atoms with Gasteiger partial charge in [0.05, 0.1) is 7.11 Å². The summed E-state index contributed by atoms with van der Waals surface area (Å²) in [5.41, 5.74) is 1.06. The van der Waals surface area contributed by atoms with Crippen molar-refractivity contribution >= 4 is 11.7 Å². The molecule has 1 aliphatic heterocycles. The molecule has 0 spiro atoms. The van der Waals surface area contributed by atoms with Crippen molar-refractivity contribution in [1.29, 1.82) is 0 Å². The molecule has 0 bridgehead atoms. The number of hydrogen-bond acceptors (Lipinski definition) is 3. The van der Waals surface area contributed by atoms with E-state index in [9.17, 15) is 9.59 Å². The number of nitrogens with zero attached hydrogens (tertiary/aromatic N) is 1. The summed E-state index contributed by atoms with van der Waals surface area (Å²) in [4.78, 5) is 25.8. The number of rotatable bonds is 2. The summed E-state index contributed by atoms with van der Waals surface area (Å²) < 4.78 is 5.36. The van der Waals surface area contributed by atoms with Crippen LogP contribution in [0, 0.1) is 5.92 Å². The highest BCUT2D eigenvalue weighted by Crippen LogP contribution is 2.48. The Balaban J connectivity index is 1.98. The van der Waals surface area contributed by atoms with Crippen molar-refractivity contribution < 1.29 is 14.3 Å². The molecule has 1 amide bonds. The number of fused-ring (bicyclic) bond motifs is 1. The van der Waals surface area contributed by atoms with E-state index in [-0.39, 0.29) is 11.3 Å². The fraction of sp³-hybridized carbons (Fsp3) is 0.556. The molecule has 1 aromatic rings. The largest absolute Gasteiger partial charge is 0.497 e. The van der Waals surface area contributed by atoms with Gasteiger partial charge in [0.25, 0.3) is 0 Å². The number of carbonyl (C=O) groups excluding carboxylic acids is 2. The van der Waals surface area contributed by atoms with Crippen LogP contribution < -0.4 is 4.74 Å². The summed E-state index contributed by atoms with van der Waals surface area (Å²) >= 11 is 0.